The molecule has 2 rings (SSSR count). The van der Waals surface area contributed by atoms with Gasteiger partial charge < -0.3 is 10.6 Å². The number of piperidine rings is 1. The van der Waals surface area contributed by atoms with E-state index >= 15 is 0 Å². The van der Waals surface area contributed by atoms with Gasteiger partial charge in [0.2, 0.25) is 11.0 Å². The summed E-state index contributed by atoms with van der Waals surface area (Å²) in [5.74, 6) is 0.692. The van der Waals surface area contributed by atoms with Crippen molar-refractivity contribution in [3.8, 4) is 0 Å². The van der Waals surface area contributed by atoms with Gasteiger partial charge in [0, 0.05) is 6.42 Å². The second-order valence-corrected chi connectivity index (χ2v) is 5.61. The quantitative estimate of drug-likeness (QED) is 0.856. The number of hydrogen-bond acceptors (Lipinski definition) is 5. The molecule has 17 heavy (non-hydrogen) atoms. The molecular weight excluding hydrogens is 236 g/mol. The molecule has 5 nitrogen and oxygen atoms in total. The fourth-order valence-electron chi connectivity index (χ4n) is 2.03. The van der Waals surface area contributed by atoms with Crippen LogP contribution in [0.4, 0.5) is 5.13 Å². The Morgan fingerprint density at radius 1 is 1.59 bits per heavy atom. The molecule has 1 amide bonds. The maximum absolute atomic E-state index is 11.7. The van der Waals surface area contributed by atoms with Crippen molar-refractivity contribution in [1.82, 2.24) is 15.5 Å². The monoisotopic (exact) mass is 254 g/mol. The van der Waals surface area contributed by atoms with Gasteiger partial charge in [-0.25, -0.2) is 0 Å². The van der Waals surface area contributed by atoms with E-state index in [1.54, 1.807) is 0 Å². The molecule has 1 fully saturated rings. The Balaban J connectivity index is 1.70. The third-order valence-corrected chi connectivity index (χ3v) is 3.71. The van der Waals surface area contributed by atoms with Gasteiger partial charge in [-0.1, -0.05) is 11.3 Å². The summed E-state index contributed by atoms with van der Waals surface area (Å²) >= 11 is 1.41. The Hall–Kier alpha value is -1.01. The molecular formula is C11H18N4OS. The van der Waals surface area contributed by atoms with Crippen molar-refractivity contribution in [3.05, 3.63) is 5.01 Å². The summed E-state index contributed by atoms with van der Waals surface area (Å²) in [5, 5.41) is 15.4. The first kappa shape index (κ1) is 12.4. The first-order valence-electron chi connectivity index (χ1n) is 6.04. The SMILES string of the molecule is Cc1nnc(NC(=O)CCC2CCCNC2)s1. The highest BCUT2D eigenvalue weighted by Gasteiger charge is 2.15. The van der Waals surface area contributed by atoms with Gasteiger partial charge in [-0.15, -0.1) is 10.2 Å². The minimum atomic E-state index is 0.0479. The fraction of sp³-hybridized carbons (Fsp3) is 0.727. The van der Waals surface area contributed by atoms with E-state index in [1.807, 2.05) is 6.92 Å². The third-order valence-electron chi connectivity index (χ3n) is 2.95. The second kappa shape index (κ2) is 6.07. The van der Waals surface area contributed by atoms with Gasteiger partial charge in [0.1, 0.15) is 5.01 Å². The summed E-state index contributed by atoms with van der Waals surface area (Å²) in [4.78, 5) is 11.7. The topological polar surface area (TPSA) is 66.9 Å². The van der Waals surface area contributed by atoms with Crippen LogP contribution in [-0.4, -0.2) is 29.2 Å². The number of amides is 1. The minimum absolute atomic E-state index is 0.0479. The number of nitrogens with one attached hydrogen (secondary N) is 2. The van der Waals surface area contributed by atoms with Crippen molar-refractivity contribution in [2.45, 2.75) is 32.6 Å². The fourth-order valence-corrected chi connectivity index (χ4v) is 2.64. The normalized spacial score (nSPS) is 20.2. The van der Waals surface area contributed by atoms with E-state index in [4.69, 9.17) is 0 Å². The highest BCUT2D eigenvalue weighted by Crippen LogP contribution is 2.17. The van der Waals surface area contributed by atoms with E-state index < -0.39 is 0 Å². The molecule has 0 radical (unpaired) electrons. The second-order valence-electron chi connectivity index (χ2n) is 4.43. The Labute approximate surface area is 105 Å². The number of carbonyl (C=O) groups excluding carboxylic acids is 1. The van der Waals surface area contributed by atoms with Crippen molar-refractivity contribution in [1.29, 1.82) is 0 Å². The van der Waals surface area contributed by atoms with E-state index in [1.165, 1.54) is 24.2 Å². The smallest absolute Gasteiger partial charge is 0.226 e. The van der Waals surface area contributed by atoms with E-state index in [0.29, 0.717) is 17.5 Å². The van der Waals surface area contributed by atoms with Crippen LogP contribution in [0.5, 0.6) is 0 Å². The summed E-state index contributed by atoms with van der Waals surface area (Å²) in [6.07, 6.45) is 3.99. The highest BCUT2D eigenvalue weighted by molar-refractivity contribution is 7.15. The van der Waals surface area contributed by atoms with Crippen LogP contribution in [0.25, 0.3) is 0 Å². The van der Waals surface area contributed by atoms with Crippen molar-refractivity contribution in [2.75, 3.05) is 18.4 Å². The number of aryl methyl sites for hydroxylation is 1. The van der Waals surface area contributed by atoms with Crippen molar-refractivity contribution in [3.63, 3.8) is 0 Å². The first-order valence-corrected chi connectivity index (χ1v) is 6.86. The van der Waals surface area contributed by atoms with E-state index in [9.17, 15) is 4.79 Å². The average Bonchev–Trinajstić information content (AvgIpc) is 2.73. The molecule has 2 N–H and O–H groups in total. The van der Waals surface area contributed by atoms with Crippen LogP contribution in [-0.2, 0) is 4.79 Å². The lowest BCUT2D eigenvalue weighted by Gasteiger charge is -2.22. The number of carbonyl (C=O) groups is 1. The molecule has 1 unspecified atom stereocenters. The predicted octanol–water partition coefficient (Wildman–Crippen LogP) is 1.56. The zero-order valence-corrected chi connectivity index (χ0v) is 10.8. The molecule has 6 heteroatoms. The van der Waals surface area contributed by atoms with Gasteiger partial charge in [0.25, 0.3) is 0 Å². The van der Waals surface area contributed by atoms with Gasteiger partial charge in [0.15, 0.2) is 0 Å². The Morgan fingerprint density at radius 2 is 2.47 bits per heavy atom. The molecule has 1 aliphatic rings. The van der Waals surface area contributed by atoms with Crippen LogP contribution >= 0.6 is 11.3 Å². The molecule has 94 valence electrons. The maximum Gasteiger partial charge on any atom is 0.226 e. The number of nitrogens with zero attached hydrogens (tertiary/aromatic N) is 2. The molecule has 0 spiro atoms. The van der Waals surface area contributed by atoms with Crippen LogP contribution in [0.3, 0.4) is 0 Å². The zero-order chi connectivity index (χ0) is 12.1. The number of aromatic nitrogens is 2. The third kappa shape index (κ3) is 4.05. The summed E-state index contributed by atoms with van der Waals surface area (Å²) in [6.45, 7) is 4.04. The zero-order valence-electron chi connectivity index (χ0n) is 10.0. The summed E-state index contributed by atoms with van der Waals surface area (Å²) < 4.78 is 0. The molecule has 1 atom stereocenters. The van der Waals surface area contributed by atoms with Crippen molar-refractivity contribution in [2.24, 2.45) is 5.92 Å². The van der Waals surface area contributed by atoms with Crippen LogP contribution in [0, 0.1) is 12.8 Å². The molecule has 1 aromatic rings. The molecule has 1 aromatic heterocycles. The molecule has 1 saturated heterocycles. The van der Waals surface area contributed by atoms with Gasteiger partial charge in [-0.05, 0) is 45.2 Å². The van der Waals surface area contributed by atoms with Gasteiger partial charge in [-0.3, -0.25) is 4.79 Å². The Bertz CT molecular complexity index is 373. The molecule has 0 bridgehead atoms. The molecule has 1 aliphatic heterocycles. The molecule has 0 aliphatic carbocycles. The standard InChI is InChI=1S/C11H18N4OS/c1-8-14-15-11(17-8)13-10(16)5-4-9-3-2-6-12-7-9/h9,12H,2-7H2,1H3,(H,13,15,16). The van der Waals surface area contributed by atoms with Crippen LogP contribution < -0.4 is 10.6 Å². The highest BCUT2D eigenvalue weighted by atomic mass is 32.1. The lowest BCUT2D eigenvalue weighted by Crippen LogP contribution is -2.30. The maximum atomic E-state index is 11.7. The average molecular weight is 254 g/mol. The van der Waals surface area contributed by atoms with E-state index in [2.05, 4.69) is 20.8 Å². The van der Waals surface area contributed by atoms with E-state index in [-0.39, 0.29) is 5.91 Å². The lowest BCUT2D eigenvalue weighted by atomic mass is 9.94. The predicted molar refractivity (Wildman–Crippen MR) is 68.1 cm³/mol. The summed E-state index contributed by atoms with van der Waals surface area (Å²) in [6, 6.07) is 0. The van der Waals surface area contributed by atoms with Crippen molar-refractivity contribution < 1.29 is 4.79 Å². The first-order chi connectivity index (χ1) is 8.24. The Morgan fingerprint density at radius 3 is 3.12 bits per heavy atom. The number of hydrogen-bond donors (Lipinski definition) is 2. The molecule has 0 aromatic carbocycles. The Kier molecular flexibility index (Phi) is 4.44. The molecule has 2 heterocycles. The van der Waals surface area contributed by atoms with E-state index in [0.717, 1.165) is 24.5 Å². The summed E-state index contributed by atoms with van der Waals surface area (Å²) in [5.41, 5.74) is 0. The van der Waals surface area contributed by atoms with Crippen molar-refractivity contribution >= 4 is 22.4 Å². The number of rotatable bonds is 4. The van der Waals surface area contributed by atoms with Gasteiger partial charge in [0.05, 0.1) is 0 Å². The van der Waals surface area contributed by atoms with Crippen LogP contribution in [0.1, 0.15) is 30.7 Å². The van der Waals surface area contributed by atoms with Gasteiger partial charge >= 0.3 is 0 Å². The van der Waals surface area contributed by atoms with Crippen LogP contribution in [0.15, 0.2) is 0 Å². The lowest BCUT2D eigenvalue weighted by molar-refractivity contribution is -0.116. The largest absolute Gasteiger partial charge is 0.316 e. The minimum Gasteiger partial charge on any atom is -0.316 e. The number of anilines is 1. The van der Waals surface area contributed by atoms with Crippen LogP contribution in [0.2, 0.25) is 0 Å². The summed E-state index contributed by atoms with van der Waals surface area (Å²) in [7, 11) is 0. The van der Waals surface area contributed by atoms with Gasteiger partial charge in [-0.2, -0.15) is 0 Å². The molecule has 0 saturated carbocycles.